The molecule has 0 atom stereocenters. The smallest absolute Gasteiger partial charge is 0.262 e. The molecule has 0 spiro atoms. The molecule has 0 heterocycles. The fourth-order valence-electron chi connectivity index (χ4n) is 1.76. The van der Waals surface area contributed by atoms with Gasteiger partial charge >= 0.3 is 0 Å². The molecule has 0 saturated heterocycles. The molecule has 0 aliphatic heterocycles. The third-order valence-corrected chi connectivity index (χ3v) is 2.89. The monoisotopic (exact) mass is 277 g/mol. The van der Waals surface area contributed by atoms with Crippen molar-refractivity contribution in [3.63, 3.8) is 0 Å². The number of carbonyl (C=O) groups is 1. The van der Waals surface area contributed by atoms with Crippen molar-refractivity contribution in [2.45, 2.75) is 0 Å². The van der Waals surface area contributed by atoms with Crippen LogP contribution in [0.1, 0.15) is 11.1 Å². The van der Waals surface area contributed by atoms with Gasteiger partial charge in [0.05, 0.1) is 17.3 Å². The average molecular weight is 277 g/mol. The summed E-state index contributed by atoms with van der Waals surface area (Å²) in [6.07, 6.45) is 3.16. The predicted molar refractivity (Wildman–Crippen MR) is 83.2 cm³/mol. The summed E-state index contributed by atoms with van der Waals surface area (Å²) in [5.74, 6) is -0.217. The number of hydrogen-bond acceptors (Lipinski definition) is 3. The minimum Gasteiger partial charge on any atom is -0.288 e. The van der Waals surface area contributed by atoms with Gasteiger partial charge in [-0.2, -0.15) is 5.26 Å². The minimum absolute atomic E-state index is 0.217. The first kappa shape index (κ1) is 14.4. The van der Waals surface area contributed by atoms with Crippen molar-refractivity contribution in [2.75, 3.05) is 12.1 Å². The van der Waals surface area contributed by atoms with Crippen LogP contribution in [0.2, 0.25) is 0 Å². The Morgan fingerprint density at radius 3 is 2.43 bits per heavy atom. The van der Waals surface area contributed by atoms with Gasteiger partial charge < -0.3 is 0 Å². The van der Waals surface area contributed by atoms with E-state index in [1.54, 1.807) is 42.4 Å². The van der Waals surface area contributed by atoms with E-state index in [0.29, 0.717) is 5.56 Å². The average Bonchev–Trinajstić information content (AvgIpc) is 2.54. The zero-order chi connectivity index (χ0) is 15.1. The van der Waals surface area contributed by atoms with E-state index in [1.807, 2.05) is 30.3 Å². The molecule has 4 heteroatoms. The molecule has 0 radical (unpaired) electrons. The third-order valence-electron chi connectivity index (χ3n) is 2.89. The maximum atomic E-state index is 11.8. The maximum Gasteiger partial charge on any atom is 0.262 e. The molecular formula is C17H15N3O. The van der Waals surface area contributed by atoms with Crippen molar-refractivity contribution in [1.82, 2.24) is 5.43 Å². The number of nitrogens with zero attached hydrogens (tertiary/aromatic N) is 2. The Labute approximate surface area is 123 Å². The molecule has 1 N–H and O–H groups in total. The van der Waals surface area contributed by atoms with Crippen LogP contribution in [0.5, 0.6) is 0 Å². The molecule has 104 valence electrons. The lowest BCUT2D eigenvalue weighted by molar-refractivity contribution is -0.116. The normalized spacial score (nSPS) is 10.1. The molecule has 2 aromatic rings. The Balaban J connectivity index is 1.95. The molecule has 0 fully saturated rings. The summed E-state index contributed by atoms with van der Waals surface area (Å²) in [5.41, 5.74) is 5.11. The number of anilines is 1. The molecular weight excluding hydrogens is 262 g/mol. The van der Waals surface area contributed by atoms with E-state index in [1.165, 1.54) is 6.08 Å². The van der Waals surface area contributed by atoms with Gasteiger partial charge in [-0.05, 0) is 35.9 Å². The zero-order valence-corrected chi connectivity index (χ0v) is 11.7. The van der Waals surface area contributed by atoms with Crippen molar-refractivity contribution >= 4 is 17.7 Å². The number of rotatable bonds is 4. The van der Waals surface area contributed by atoms with Gasteiger partial charge in [-0.15, -0.1) is 0 Å². The van der Waals surface area contributed by atoms with Gasteiger partial charge in [-0.1, -0.05) is 30.3 Å². The van der Waals surface area contributed by atoms with Crippen LogP contribution >= 0.6 is 0 Å². The standard InChI is InChI=1S/C17H15N3O/c1-20(16-5-3-2-4-6-16)19-17(21)12-11-14-7-9-15(13-18)10-8-14/h2-12H,1H3,(H,19,21)/b12-11+. The lowest BCUT2D eigenvalue weighted by Gasteiger charge is -2.18. The van der Waals surface area contributed by atoms with Gasteiger partial charge in [-0.3, -0.25) is 15.2 Å². The molecule has 0 aliphatic rings. The van der Waals surface area contributed by atoms with Gasteiger partial charge in [0, 0.05) is 13.1 Å². The Kier molecular flexibility index (Phi) is 4.73. The molecule has 1 amide bonds. The molecule has 0 bridgehead atoms. The van der Waals surface area contributed by atoms with E-state index < -0.39 is 0 Å². The van der Waals surface area contributed by atoms with E-state index >= 15 is 0 Å². The molecule has 4 nitrogen and oxygen atoms in total. The second-order valence-electron chi connectivity index (χ2n) is 4.44. The largest absolute Gasteiger partial charge is 0.288 e. The molecule has 0 saturated carbocycles. The maximum absolute atomic E-state index is 11.8. The quantitative estimate of drug-likeness (QED) is 0.690. The van der Waals surface area contributed by atoms with Gasteiger partial charge in [0.15, 0.2) is 0 Å². The van der Waals surface area contributed by atoms with Gasteiger partial charge in [0.2, 0.25) is 0 Å². The summed E-state index contributed by atoms with van der Waals surface area (Å²) in [5, 5.41) is 10.4. The van der Waals surface area contributed by atoms with Gasteiger partial charge in [-0.25, -0.2) is 0 Å². The Morgan fingerprint density at radius 2 is 1.81 bits per heavy atom. The first-order chi connectivity index (χ1) is 10.2. The van der Waals surface area contributed by atoms with Crippen molar-refractivity contribution in [3.8, 4) is 6.07 Å². The van der Waals surface area contributed by atoms with Crippen LogP contribution in [0, 0.1) is 11.3 Å². The Bertz CT molecular complexity index is 669. The molecule has 21 heavy (non-hydrogen) atoms. The van der Waals surface area contributed by atoms with Crippen LogP contribution in [0.4, 0.5) is 5.69 Å². The summed E-state index contributed by atoms with van der Waals surface area (Å²) in [7, 11) is 1.78. The van der Waals surface area contributed by atoms with E-state index in [9.17, 15) is 4.79 Å². The Morgan fingerprint density at radius 1 is 1.14 bits per heavy atom. The van der Waals surface area contributed by atoms with Crippen LogP contribution in [-0.4, -0.2) is 13.0 Å². The van der Waals surface area contributed by atoms with E-state index in [4.69, 9.17) is 5.26 Å². The summed E-state index contributed by atoms with van der Waals surface area (Å²) in [6, 6.07) is 18.6. The number of hydrazine groups is 1. The highest BCUT2D eigenvalue weighted by Crippen LogP contribution is 2.08. The number of benzene rings is 2. The summed E-state index contributed by atoms with van der Waals surface area (Å²) in [4.78, 5) is 11.8. The topological polar surface area (TPSA) is 56.1 Å². The summed E-state index contributed by atoms with van der Waals surface area (Å²) < 4.78 is 0. The second-order valence-corrected chi connectivity index (χ2v) is 4.44. The van der Waals surface area contributed by atoms with E-state index in [0.717, 1.165) is 11.3 Å². The lowest BCUT2D eigenvalue weighted by Crippen LogP contribution is -2.38. The number of hydrogen-bond donors (Lipinski definition) is 1. The van der Waals surface area contributed by atoms with Crippen LogP contribution in [-0.2, 0) is 4.79 Å². The number of amides is 1. The van der Waals surface area contributed by atoms with Crippen molar-refractivity contribution < 1.29 is 4.79 Å². The molecule has 0 aromatic heterocycles. The molecule has 2 aromatic carbocycles. The van der Waals surface area contributed by atoms with Gasteiger partial charge in [0.1, 0.15) is 0 Å². The Hall–Kier alpha value is -3.06. The fraction of sp³-hybridized carbons (Fsp3) is 0.0588. The zero-order valence-electron chi connectivity index (χ0n) is 11.7. The van der Waals surface area contributed by atoms with Crippen LogP contribution in [0.3, 0.4) is 0 Å². The highest BCUT2D eigenvalue weighted by Gasteiger charge is 2.02. The minimum atomic E-state index is -0.217. The van der Waals surface area contributed by atoms with Crippen LogP contribution in [0.15, 0.2) is 60.7 Å². The lowest BCUT2D eigenvalue weighted by atomic mass is 10.1. The fourth-order valence-corrected chi connectivity index (χ4v) is 1.76. The number of nitriles is 1. The molecule has 0 unspecified atom stereocenters. The third kappa shape index (κ3) is 4.22. The highest BCUT2D eigenvalue weighted by atomic mass is 16.2. The van der Waals surface area contributed by atoms with Crippen LogP contribution < -0.4 is 10.4 Å². The van der Waals surface area contributed by atoms with Gasteiger partial charge in [0.25, 0.3) is 5.91 Å². The number of para-hydroxylation sites is 1. The van der Waals surface area contributed by atoms with Crippen LogP contribution in [0.25, 0.3) is 6.08 Å². The molecule has 2 rings (SSSR count). The predicted octanol–water partition coefficient (Wildman–Crippen LogP) is 2.74. The highest BCUT2D eigenvalue weighted by molar-refractivity contribution is 5.92. The van der Waals surface area contributed by atoms with Crippen molar-refractivity contribution in [1.29, 1.82) is 5.26 Å². The second kappa shape index (κ2) is 6.92. The SMILES string of the molecule is CN(NC(=O)/C=C/c1ccc(C#N)cc1)c1ccccc1. The van der Waals surface area contributed by atoms with E-state index in [2.05, 4.69) is 11.5 Å². The van der Waals surface area contributed by atoms with Crippen molar-refractivity contribution in [3.05, 3.63) is 71.8 Å². The number of carbonyl (C=O) groups excluding carboxylic acids is 1. The number of nitrogens with one attached hydrogen (secondary N) is 1. The molecule has 0 aliphatic carbocycles. The van der Waals surface area contributed by atoms with Crippen molar-refractivity contribution in [2.24, 2.45) is 0 Å². The summed E-state index contributed by atoms with van der Waals surface area (Å²) in [6.45, 7) is 0. The first-order valence-corrected chi connectivity index (χ1v) is 6.46. The van der Waals surface area contributed by atoms with E-state index in [-0.39, 0.29) is 5.91 Å². The first-order valence-electron chi connectivity index (χ1n) is 6.46. The summed E-state index contributed by atoms with van der Waals surface area (Å²) >= 11 is 0.